The van der Waals surface area contributed by atoms with Crippen LogP contribution in [-0.4, -0.2) is 11.6 Å². The van der Waals surface area contributed by atoms with Crippen LogP contribution in [0.15, 0.2) is 78.9 Å². The highest BCUT2D eigenvalue weighted by molar-refractivity contribution is 6.30. The molecule has 1 aliphatic rings. The second kappa shape index (κ2) is 6.06. The molecular formula is C24H15NO3. The van der Waals surface area contributed by atoms with Gasteiger partial charge in [0.1, 0.15) is 11.5 Å². The van der Waals surface area contributed by atoms with Crippen LogP contribution in [0.1, 0.15) is 31.8 Å². The second-order valence-electron chi connectivity index (χ2n) is 6.69. The summed E-state index contributed by atoms with van der Waals surface area (Å²) in [6.07, 6.45) is 0. The second-order valence-corrected chi connectivity index (χ2v) is 6.69. The molecule has 0 atom stereocenters. The first-order chi connectivity index (χ1) is 13.6. The predicted molar refractivity (Wildman–Crippen MR) is 108 cm³/mol. The van der Waals surface area contributed by atoms with Crippen LogP contribution in [0.3, 0.4) is 0 Å². The van der Waals surface area contributed by atoms with Gasteiger partial charge in [-0.3, -0.25) is 9.59 Å². The first-order valence-corrected chi connectivity index (χ1v) is 8.91. The number of benzene rings is 4. The number of anilines is 1. The van der Waals surface area contributed by atoms with Gasteiger partial charge in [-0.05, 0) is 23.6 Å². The highest BCUT2D eigenvalue weighted by atomic mass is 16.5. The molecule has 0 spiro atoms. The van der Waals surface area contributed by atoms with Crippen molar-refractivity contribution in [2.75, 3.05) is 5.73 Å². The van der Waals surface area contributed by atoms with Crippen molar-refractivity contribution in [3.8, 4) is 11.5 Å². The van der Waals surface area contributed by atoms with Gasteiger partial charge >= 0.3 is 0 Å². The zero-order chi connectivity index (χ0) is 19.3. The van der Waals surface area contributed by atoms with E-state index in [1.54, 1.807) is 36.4 Å². The van der Waals surface area contributed by atoms with Crippen molar-refractivity contribution in [1.82, 2.24) is 0 Å². The standard InChI is InChI=1S/C24H15NO3/c25-18-11-4-9-16-21(18)23(26)17-10-5-13-20(22(17)24(16)27)28-19-12-3-7-14-6-1-2-8-15(14)19/h1-13H,25H2. The summed E-state index contributed by atoms with van der Waals surface area (Å²) >= 11 is 0. The molecule has 0 amide bonds. The molecule has 0 radical (unpaired) electrons. The van der Waals surface area contributed by atoms with E-state index < -0.39 is 0 Å². The minimum atomic E-state index is -0.258. The van der Waals surface area contributed by atoms with E-state index >= 15 is 0 Å². The molecule has 0 heterocycles. The monoisotopic (exact) mass is 365 g/mol. The Morgan fingerprint density at radius 2 is 1.21 bits per heavy atom. The predicted octanol–water partition coefficient (Wildman–Crippen LogP) is 4.99. The number of hydrogen-bond acceptors (Lipinski definition) is 4. The molecule has 0 aromatic heterocycles. The largest absolute Gasteiger partial charge is 0.456 e. The average molecular weight is 365 g/mol. The van der Waals surface area contributed by atoms with Crippen molar-refractivity contribution in [3.63, 3.8) is 0 Å². The highest BCUT2D eigenvalue weighted by Crippen LogP contribution is 2.38. The lowest BCUT2D eigenvalue weighted by atomic mass is 9.83. The third-order valence-electron chi connectivity index (χ3n) is 5.04. The van der Waals surface area contributed by atoms with Gasteiger partial charge in [0.15, 0.2) is 11.6 Å². The zero-order valence-corrected chi connectivity index (χ0v) is 14.8. The van der Waals surface area contributed by atoms with E-state index in [4.69, 9.17) is 10.5 Å². The van der Waals surface area contributed by atoms with Crippen molar-refractivity contribution < 1.29 is 14.3 Å². The van der Waals surface area contributed by atoms with Crippen LogP contribution in [0, 0.1) is 0 Å². The summed E-state index contributed by atoms with van der Waals surface area (Å²) in [6.45, 7) is 0. The molecule has 4 aromatic rings. The van der Waals surface area contributed by atoms with Crippen molar-refractivity contribution in [3.05, 3.63) is 101 Å². The summed E-state index contributed by atoms with van der Waals surface area (Å²) in [7, 11) is 0. The van der Waals surface area contributed by atoms with Gasteiger partial charge in [-0.2, -0.15) is 0 Å². The number of carbonyl (C=O) groups excluding carboxylic acids is 2. The maximum atomic E-state index is 13.2. The fourth-order valence-electron chi connectivity index (χ4n) is 3.72. The van der Waals surface area contributed by atoms with Gasteiger partial charge in [0.05, 0.1) is 11.1 Å². The summed E-state index contributed by atoms with van der Waals surface area (Å²) in [5.74, 6) is 0.476. The molecule has 0 saturated carbocycles. The SMILES string of the molecule is Nc1cccc2c1C(=O)c1cccc(Oc3cccc4ccccc34)c1C2=O. The summed E-state index contributed by atoms with van der Waals surface area (Å²) in [5, 5.41) is 1.96. The Kier molecular flexibility index (Phi) is 3.52. The molecule has 0 aliphatic heterocycles. The van der Waals surface area contributed by atoms with Crippen molar-refractivity contribution >= 4 is 28.0 Å². The molecule has 28 heavy (non-hydrogen) atoms. The van der Waals surface area contributed by atoms with Crippen LogP contribution in [0.25, 0.3) is 10.8 Å². The number of nitrogens with two attached hydrogens (primary N) is 1. The number of nitrogen functional groups attached to an aromatic ring is 1. The molecule has 0 saturated heterocycles. The van der Waals surface area contributed by atoms with Crippen molar-refractivity contribution in [2.24, 2.45) is 0 Å². The third kappa shape index (κ3) is 2.32. The fourth-order valence-corrected chi connectivity index (χ4v) is 3.72. The Balaban J connectivity index is 1.68. The van der Waals surface area contributed by atoms with E-state index in [0.717, 1.165) is 10.8 Å². The van der Waals surface area contributed by atoms with E-state index in [-0.39, 0.29) is 22.7 Å². The smallest absolute Gasteiger partial charge is 0.198 e. The Hall–Kier alpha value is -3.92. The van der Waals surface area contributed by atoms with Crippen LogP contribution in [-0.2, 0) is 0 Å². The van der Waals surface area contributed by atoms with Gasteiger partial charge in [0, 0.05) is 22.2 Å². The number of carbonyl (C=O) groups is 2. The maximum absolute atomic E-state index is 13.2. The van der Waals surface area contributed by atoms with Crippen LogP contribution in [0.4, 0.5) is 5.69 Å². The molecule has 134 valence electrons. The fraction of sp³-hybridized carbons (Fsp3) is 0. The Bertz CT molecular complexity index is 1290. The number of ketones is 2. The number of hydrogen-bond donors (Lipinski definition) is 1. The number of ether oxygens (including phenoxy) is 1. The Labute approximate surface area is 161 Å². The number of fused-ring (bicyclic) bond motifs is 3. The summed E-state index contributed by atoms with van der Waals surface area (Å²) in [4.78, 5) is 26.2. The van der Waals surface area contributed by atoms with Crippen LogP contribution in [0.5, 0.6) is 11.5 Å². The van der Waals surface area contributed by atoms with Gasteiger partial charge in [0.2, 0.25) is 0 Å². The normalized spacial score (nSPS) is 12.6. The van der Waals surface area contributed by atoms with E-state index in [1.165, 1.54) is 0 Å². The van der Waals surface area contributed by atoms with Crippen molar-refractivity contribution in [2.45, 2.75) is 0 Å². The topological polar surface area (TPSA) is 69.4 Å². The van der Waals surface area contributed by atoms with Gasteiger partial charge in [-0.1, -0.05) is 60.7 Å². The minimum absolute atomic E-state index is 0.257. The third-order valence-corrected chi connectivity index (χ3v) is 5.04. The first-order valence-electron chi connectivity index (χ1n) is 8.91. The molecule has 4 heteroatoms. The van der Waals surface area contributed by atoms with Crippen molar-refractivity contribution in [1.29, 1.82) is 0 Å². The molecule has 4 nitrogen and oxygen atoms in total. The first kappa shape index (κ1) is 16.3. The van der Waals surface area contributed by atoms with E-state index in [2.05, 4.69) is 0 Å². The molecule has 0 bridgehead atoms. The number of rotatable bonds is 2. The van der Waals surface area contributed by atoms with Crippen LogP contribution < -0.4 is 10.5 Å². The van der Waals surface area contributed by atoms with Gasteiger partial charge in [0.25, 0.3) is 0 Å². The molecule has 0 unspecified atom stereocenters. The van der Waals surface area contributed by atoms with Gasteiger partial charge < -0.3 is 10.5 Å². The zero-order valence-electron chi connectivity index (χ0n) is 14.8. The highest BCUT2D eigenvalue weighted by Gasteiger charge is 2.33. The lowest BCUT2D eigenvalue weighted by Gasteiger charge is -2.21. The maximum Gasteiger partial charge on any atom is 0.198 e. The summed E-state index contributed by atoms with van der Waals surface area (Å²) in [6, 6.07) is 23.6. The summed E-state index contributed by atoms with van der Waals surface area (Å²) < 4.78 is 6.15. The quantitative estimate of drug-likeness (QED) is 0.448. The van der Waals surface area contributed by atoms with E-state index in [1.807, 2.05) is 42.5 Å². The van der Waals surface area contributed by atoms with Gasteiger partial charge in [-0.15, -0.1) is 0 Å². The molecule has 5 rings (SSSR count). The van der Waals surface area contributed by atoms with Gasteiger partial charge in [-0.25, -0.2) is 0 Å². The average Bonchev–Trinajstić information content (AvgIpc) is 2.72. The molecule has 0 fully saturated rings. The lowest BCUT2D eigenvalue weighted by molar-refractivity contribution is 0.0977. The Morgan fingerprint density at radius 3 is 2.07 bits per heavy atom. The van der Waals surface area contributed by atoms with E-state index in [0.29, 0.717) is 28.3 Å². The molecular weight excluding hydrogens is 350 g/mol. The summed E-state index contributed by atoms with van der Waals surface area (Å²) in [5.41, 5.74) is 7.45. The van der Waals surface area contributed by atoms with Crippen LogP contribution in [0.2, 0.25) is 0 Å². The van der Waals surface area contributed by atoms with Crippen LogP contribution >= 0.6 is 0 Å². The molecule has 2 N–H and O–H groups in total. The van der Waals surface area contributed by atoms with E-state index in [9.17, 15) is 9.59 Å². The molecule has 1 aliphatic carbocycles. The molecule has 4 aromatic carbocycles. The lowest BCUT2D eigenvalue weighted by Crippen LogP contribution is -2.22. The minimum Gasteiger partial charge on any atom is -0.456 e. The Morgan fingerprint density at radius 1 is 0.607 bits per heavy atom.